The van der Waals surface area contributed by atoms with Gasteiger partial charge in [0.15, 0.2) is 0 Å². The number of aryl methyl sites for hydroxylation is 1. The molecule has 0 atom stereocenters. The van der Waals surface area contributed by atoms with E-state index in [4.69, 9.17) is 5.11 Å². The third-order valence-corrected chi connectivity index (χ3v) is 2.89. The summed E-state index contributed by atoms with van der Waals surface area (Å²) >= 11 is 0. The molecule has 2 N–H and O–H groups in total. The molecule has 2 aromatic rings. The molecule has 0 aliphatic carbocycles. The number of rotatable bonds is 3. The van der Waals surface area contributed by atoms with Gasteiger partial charge in [0.25, 0.3) is 0 Å². The van der Waals surface area contributed by atoms with Crippen LogP contribution in [-0.4, -0.2) is 22.6 Å². The maximum Gasteiger partial charge on any atom is 0.230 e. The Morgan fingerprint density at radius 3 is 2.90 bits per heavy atom. The maximum absolute atomic E-state index is 12.0. The number of carbonyl (C=O) groups excluding carboxylic acids is 1. The first-order chi connectivity index (χ1) is 10.2. The quantitative estimate of drug-likeness (QED) is 0.844. The first kappa shape index (κ1) is 14.8. The van der Waals surface area contributed by atoms with E-state index in [1.807, 2.05) is 37.3 Å². The van der Waals surface area contributed by atoms with Crippen molar-refractivity contribution in [2.75, 3.05) is 11.9 Å². The first-order valence-corrected chi connectivity index (χ1v) is 6.59. The predicted molar refractivity (Wildman–Crippen MR) is 81.7 cm³/mol. The first-order valence-electron chi connectivity index (χ1n) is 6.59. The van der Waals surface area contributed by atoms with Crippen LogP contribution in [0.2, 0.25) is 0 Å². The third kappa shape index (κ3) is 4.44. The van der Waals surface area contributed by atoms with Gasteiger partial charge in [0, 0.05) is 23.1 Å². The number of anilines is 1. The van der Waals surface area contributed by atoms with Crippen molar-refractivity contribution in [3.63, 3.8) is 0 Å². The molecule has 0 unspecified atom stereocenters. The number of hydrogen-bond donors (Lipinski definition) is 2. The van der Waals surface area contributed by atoms with Gasteiger partial charge in [0.1, 0.15) is 6.61 Å². The summed E-state index contributed by atoms with van der Waals surface area (Å²) in [4.78, 5) is 16.2. The van der Waals surface area contributed by atoms with E-state index >= 15 is 0 Å². The van der Waals surface area contributed by atoms with Crippen molar-refractivity contribution in [3.8, 4) is 11.8 Å². The van der Waals surface area contributed by atoms with Gasteiger partial charge in [-0.05, 0) is 36.8 Å². The summed E-state index contributed by atoms with van der Waals surface area (Å²) in [5.74, 6) is 5.29. The molecular formula is C17H16N2O2. The Morgan fingerprint density at radius 2 is 2.19 bits per heavy atom. The number of aromatic nitrogens is 1. The molecule has 21 heavy (non-hydrogen) atoms. The molecule has 4 heteroatoms. The monoisotopic (exact) mass is 280 g/mol. The molecule has 0 aliphatic heterocycles. The van der Waals surface area contributed by atoms with Crippen LogP contribution >= 0.6 is 0 Å². The van der Waals surface area contributed by atoms with E-state index in [0.717, 1.165) is 22.5 Å². The molecule has 0 aliphatic rings. The van der Waals surface area contributed by atoms with E-state index < -0.39 is 0 Å². The average molecular weight is 280 g/mol. The second-order valence-corrected chi connectivity index (χ2v) is 4.54. The lowest BCUT2D eigenvalue weighted by Gasteiger charge is -2.08. The summed E-state index contributed by atoms with van der Waals surface area (Å²) in [6.45, 7) is 1.73. The molecule has 1 aromatic carbocycles. The largest absolute Gasteiger partial charge is 0.384 e. The molecule has 4 nitrogen and oxygen atoms in total. The highest BCUT2D eigenvalue weighted by Crippen LogP contribution is 2.16. The van der Waals surface area contributed by atoms with Crippen LogP contribution in [0.25, 0.3) is 0 Å². The molecule has 0 spiro atoms. The van der Waals surface area contributed by atoms with E-state index in [2.05, 4.69) is 22.1 Å². The van der Waals surface area contributed by atoms with Gasteiger partial charge >= 0.3 is 0 Å². The summed E-state index contributed by atoms with van der Waals surface area (Å²) in [5.41, 5.74) is 3.16. The zero-order chi connectivity index (χ0) is 15.1. The van der Waals surface area contributed by atoms with Gasteiger partial charge in [-0.15, -0.1) is 0 Å². The minimum Gasteiger partial charge on any atom is -0.384 e. The maximum atomic E-state index is 12.0. The van der Waals surface area contributed by atoms with E-state index in [0.29, 0.717) is 0 Å². The summed E-state index contributed by atoms with van der Waals surface area (Å²) in [6.07, 6.45) is 1.89. The fraction of sp³-hybridized carbons (Fsp3) is 0.176. The smallest absolute Gasteiger partial charge is 0.230 e. The SMILES string of the molecule is Cc1ccc(C#CCO)cc1NC(=O)Cc1ccccn1. The number of hydrogen-bond acceptors (Lipinski definition) is 3. The lowest BCUT2D eigenvalue weighted by molar-refractivity contribution is -0.115. The van der Waals surface area contributed by atoms with Crippen molar-refractivity contribution < 1.29 is 9.90 Å². The molecule has 2 rings (SSSR count). The molecular weight excluding hydrogens is 264 g/mol. The van der Waals surface area contributed by atoms with Crippen LogP contribution in [0.3, 0.4) is 0 Å². The van der Waals surface area contributed by atoms with Crippen molar-refractivity contribution >= 4 is 11.6 Å². The topological polar surface area (TPSA) is 62.2 Å². The third-order valence-electron chi connectivity index (χ3n) is 2.89. The number of nitrogens with one attached hydrogen (secondary N) is 1. The predicted octanol–water partition coefficient (Wildman–Crippen LogP) is 1.92. The summed E-state index contributed by atoms with van der Waals surface area (Å²) in [7, 11) is 0. The number of nitrogens with zero attached hydrogens (tertiary/aromatic N) is 1. The van der Waals surface area contributed by atoms with Gasteiger partial charge in [0.2, 0.25) is 5.91 Å². The Morgan fingerprint density at radius 1 is 1.33 bits per heavy atom. The van der Waals surface area contributed by atoms with Crippen molar-refractivity contribution in [2.24, 2.45) is 0 Å². The Bertz CT molecular complexity index is 685. The lowest BCUT2D eigenvalue weighted by Crippen LogP contribution is -2.15. The zero-order valence-corrected chi connectivity index (χ0v) is 11.8. The Hall–Kier alpha value is -2.64. The van der Waals surface area contributed by atoms with Crippen molar-refractivity contribution in [2.45, 2.75) is 13.3 Å². The van der Waals surface area contributed by atoms with Gasteiger partial charge in [0.05, 0.1) is 6.42 Å². The number of aliphatic hydroxyl groups excluding tert-OH is 1. The highest BCUT2D eigenvalue weighted by Gasteiger charge is 2.07. The van der Waals surface area contributed by atoms with E-state index in [-0.39, 0.29) is 18.9 Å². The van der Waals surface area contributed by atoms with Gasteiger partial charge in [-0.2, -0.15) is 0 Å². The molecule has 0 fully saturated rings. The summed E-state index contributed by atoms with van der Waals surface area (Å²) < 4.78 is 0. The van der Waals surface area contributed by atoms with Crippen molar-refractivity contribution in [1.82, 2.24) is 4.98 Å². The fourth-order valence-corrected chi connectivity index (χ4v) is 1.84. The van der Waals surface area contributed by atoms with Crippen LogP contribution in [0.5, 0.6) is 0 Å². The molecule has 0 bridgehead atoms. The highest BCUT2D eigenvalue weighted by atomic mass is 16.2. The standard InChI is InChI=1S/C17H16N2O2/c1-13-7-8-14(5-4-10-20)11-16(13)19-17(21)12-15-6-2-3-9-18-15/h2-3,6-9,11,20H,10,12H2,1H3,(H,19,21). The van der Waals surface area contributed by atoms with Crippen molar-refractivity contribution in [3.05, 3.63) is 59.4 Å². The second-order valence-electron chi connectivity index (χ2n) is 4.54. The minimum atomic E-state index is -0.185. The van der Waals surface area contributed by atoms with E-state index in [1.165, 1.54) is 0 Å². The Labute approximate surface area is 123 Å². The second kappa shape index (κ2) is 7.22. The average Bonchev–Trinajstić information content (AvgIpc) is 2.49. The van der Waals surface area contributed by atoms with E-state index in [9.17, 15) is 4.79 Å². The fourth-order valence-electron chi connectivity index (χ4n) is 1.84. The lowest BCUT2D eigenvalue weighted by atomic mass is 10.1. The van der Waals surface area contributed by atoms with Crippen LogP contribution in [0.4, 0.5) is 5.69 Å². The Balaban J connectivity index is 2.09. The van der Waals surface area contributed by atoms with Gasteiger partial charge in [-0.25, -0.2) is 0 Å². The van der Waals surface area contributed by atoms with Gasteiger partial charge in [-0.1, -0.05) is 24.0 Å². The molecule has 106 valence electrons. The number of benzene rings is 1. The van der Waals surface area contributed by atoms with Gasteiger partial charge in [-0.3, -0.25) is 9.78 Å². The molecule has 0 radical (unpaired) electrons. The van der Waals surface area contributed by atoms with Crippen LogP contribution < -0.4 is 5.32 Å². The molecule has 0 saturated carbocycles. The molecule has 0 saturated heterocycles. The number of amides is 1. The van der Waals surface area contributed by atoms with Crippen molar-refractivity contribution in [1.29, 1.82) is 0 Å². The van der Waals surface area contributed by atoms with Gasteiger partial charge < -0.3 is 10.4 Å². The van der Waals surface area contributed by atoms with Crippen LogP contribution in [0, 0.1) is 18.8 Å². The Kier molecular flexibility index (Phi) is 5.08. The molecule has 1 aromatic heterocycles. The zero-order valence-electron chi connectivity index (χ0n) is 11.8. The summed E-state index contributed by atoms with van der Waals surface area (Å²) in [5, 5.41) is 11.6. The number of aliphatic hydroxyl groups is 1. The minimum absolute atomic E-state index is 0.121. The highest BCUT2D eigenvalue weighted by molar-refractivity contribution is 5.92. The number of carbonyl (C=O) groups is 1. The molecule has 1 amide bonds. The number of pyridine rings is 1. The normalized spacial score (nSPS) is 9.62. The van der Waals surface area contributed by atoms with Crippen LogP contribution in [-0.2, 0) is 11.2 Å². The van der Waals surface area contributed by atoms with E-state index in [1.54, 1.807) is 12.3 Å². The summed E-state index contributed by atoms with van der Waals surface area (Å²) in [6, 6.07) is 11.0. The van der Waals surface area contributed by atoms with Crippen LogP contribution in [0.15, 0.2) is 42.6 Å². The molecule has 1 heterocycles. The van der Waals surface area contributed by atoms with Crippen LogP contribution in [0.1, 0.15) is 16.8 Å².